The predicted octanol–water partition coefficient (Wildman–Crippen LogP) is 2.93. The van der Waals surface area contributed by atoms with Gasteiger partial charge < -0.3 is 0 Å². The van der Waals surface area contributed by atoms with Gasteiger partial charge in [-0.15, -0.1) is 0 Å². The van der Waals surface area contributed by atoms with Crippen LogP contribution in [-0.4, -0.2) is 25.3 Å². The van der Waals surface area contributed by atoms with Crippen LogP contribution < -0.4 is 5.69 Å². The van der Waals surface area contributed by atoms with Crippen LogP contribution in [0.5, 0.6) is 0 Å². The van der Waals surface area contributed by atoms with Gasteiger partial charge in [0.25, 0.3) is 0 Å². The van der Waals surface area contributed by atoms with Crippen molar-refractivity contribution in [2.75, 3.05) is 5.75 Å². The molecule has 0 aliphatic heterocycles. The average molecular weight is 366 g/mol. The van der Waals surface area contributed by atoms with E-state index >= 15 is 0 Å². The van der Waals surface area contributed by atoms with E-state index < -0.39 is 5.69 Å². The minimum Gasteiger partial charge on any atom is -0.285 e. The predicted molar refractivity (Wildman–Crippen MR) is 89.2 cm³/mol. The molecule has 9 heteroatoms. The first kappa shape index (κ1) is 15.9. The smallest absolute Gasteiger partial charge is 0.285 e. The second-order valence-electron chi connectivity index (χ2n) is 4.63. The summed E-state index contributed by atoms with van der Waals surface area (Å²) in [5, 5.41) is 14.4. The van der Waals surface area contributed by atoms with E-state index in [1.54, 1.807) is 6.07 Å². The largest absolute Gasteiger partial charge is 0.350 e. The number of halogens is 2. The first-order valence-corrected chi connectivity index (χ1v) is 8.27. The fraction of sp³-hybridized carbons (Fsp3) is 0.143. The number of fused-ring (bicyclic) bond motifs is 1. The van der Waals surface area contributed by atoms with E-state index in [-0.39, 0.29) is 11.2 Å². The van der Waals surface area contributed by atoms with Gasteiger partial charge in [0.05, 0.1) is 6.20 Å². The molecule has 0 bridgehead atoms. The molecule has 2 aromatic heterocycles. The maximum atomic E-state index is 11.9. The Kier molecular flexibility index (Phi) is 4.57. The summed E-state index contributed by atoms with van der Waals surface area (Å²) in [7, 11) is 0. The highest BCUT2D eigenvalue weighted by Crippen LogP contribution is 2.21. The molecule has 2 heterocycles. The summed E-state index contributed by atoms with van der Waals surface area (Å²) in [4.78, 5) is 18.8. The average Bonchev–Trinajstić information content (AvgIpc) is 2.90. The molecule has 23 heavy (non-hydrogen) atoms. The van der Waals surface area contributed by atoms with Gasteiger partial charge in [-0.2, -0.15) is 14.9 Å². The van der Waals surface area contributed by atoms with E-state index in [1.807, 2.05) is 18.2 Å². The van der Waals surface area contributed by atoms with Crippen molar-refractivity contribution >= 4 is 40.6 Å². The molecule has 0 aliphatic rings. The first-order chi connectivity index (χ1) is 11.1. The molecule has 0 aliphatic carbocycles. The van der Waals surface area contributed by atoms with E-state index in [9.17, 15) is 4.79 Å². The van der Waals surface area contributed by atoms with Gasteiger partial charge >= 0.3 is 5.69 Å². The van der Waals surface area contributed by atoms with Crippen LogP contribution in [0.15, 0.2) is 34.3 Å². The SMILES string of the molecule is N#Cc1cnn2c(=O)[nH]c(SCCc3cc(Cl)cc(Cl)c3)nc12. The number of aromatic nitrogens is 4. The lowest BCUT2D eigenvalue weighted by atomic mass is 10.2. The van der Waals surface area contributed by atoms with Crippen molar-refractivity contribution in [1.29, 1.82) is 5.26 Å². The zero-order valence-corrected chi connectivity index (χ0v) is 13.9. The molecule has 0 unspecified atom stereocenters. The normalized spacial score (nSPS) is 10.8. The van der Waals surface area contributed by atoms with Crippen LogP contribution in [-0.2, 0) is 6.42 Å². The van der Waals surface area contributed by atoms with Gasteiger partial charge in [-0.1, -0.05) is 35.0 Å². The zero-order chi connectivity index (χ0) is 16.4. The van der Waals surface area contributed by atoms with Crippen LogP contribution in [0.4, 0.5) is 0 Å². The number of hydrogen-bond acceptors (Lipinski definition) is 5. The Morgan fingerprint density at radius 3 is 2.74 bits per heavy atom. The van der Waals surface area contributed by atoms with Crippen LogP contribution in [0, 0.1) is 11.3 Å². The number of hydrogen-bond donors (Lipinski definition) is 1. The monoisotopic (exact) mass is 365 g/mol. The Balaban J connectivity index is 1.77. The van der Waals surface area contributed by atoms with Gasteiger partial charge in [-0.05, 0) is 30.2 Å². The highest BCUT2D eigenvalue weighted by atomic mass is 35.5. The van der Waals surface area contributed by atoms with Gasteiger partial charge in [-0.25, -0.2) is 9.78 Å². The maximum Gasteiger partial charge on any atom is 0.350 e. The molecule has 1 aromatic carbocycles. The van der Waals surface area contributed by atoms with Gasteiger partial charge in [0.1, 0.15) is 11.6 Å². The van der Waals surface area contributed by atoms with Crippen LogP contribution in [0.25, 0.3) is 5.65 Å². The third-order valence-corrected chi connectivity index (χ3v) is 4.34. The highest BCUT2D eigenvalue weighted by Gasteiger charge is 2.10. The second kappa shape index (κ2) is 6.62. The summed E-state index contributed by atoms with van der Waals surface area (Å²) in [5.74, 6) is 0.672. The minimum absolute atomic E-state index is 0.254. The quantitative estimate of drug-likeness (QED) is 0.718. The van der Waals surface area contributed by atoms with Crippen molar-refractivity contribution in [2.45, 2.75) is 11.6 Å². The van der Waals surface area contributed by atoms with E-state index in [0.717, 1.165) is 10.1 Å². The number of thioether (sulfide) groups is 1. The molecule has 1 N–H and O–H groups in total. The number of nitrogens with one attached hydrogen (secondary N) is 1. The lowest BCUT2D eigenvalue weighted by Gasteiger charge is -2.04. The Morgan fingerprint density at radius 2 is 2.04 bits per heavy atom. The summed E-state index contributed by atoms with van der Waals surface area (Å²) < 4.78 is 1.07. The lowest BCUT2D eigenvalue weighted by Crippen LogP contribution is -2.19. The van der Waals surface area contributed by atoms with Crippen molar-refractivity contribution < 1.29 is 0 Å². The molecule has 6 nitrogen and oxygen atoms in total. The number of aromatic amines is 1. The maximum absolute atomic E-state index is 11.9. The van der Waals surface area contributed by atoms with E-state index in [4.69, 9.17) is 28.5 Å². The molecule has 0 amide bonds. The summed E-state index contributed by atoms with van der Waals surface area (Å²) >= 11 is 13.3. The fourth-order valence-corrected chi connectivity index (χ4v) is 3.45. The van der Waals surface area contributed by atoms with Crippen LogP contribution in [0.1, 0.15) is 11.1 Å². The Labute approximate surface area is 145 Å². The van der Waals surface area contributed by atoms with Crippen molar-refractivity contribution in [1.82, 2.24) is 19.6 Å². The Hall–Kier alpha value is -2.01. The van der Waals surface area contributed by atoms with E-state index in [0.29, 0.717) is 27.4 Å². The number of aryl methyl sites for hydroxylation is 1. The first-order valence-electron chi connectivity index (χ1n) is 6.53. The summed E-state index contributed by atoms with van der Waals surface area (Å²) in [6.07, 6.45) is 2.03. The summed E-state index contributed by atoms with van der Waals surface area (Å²) in [6, 6.07) is 7.33. The topological polar surface area (TPSA) is 86.8 Å². The minimum atomic E-state index is -0.426. The molecule has 0 saturated carbocycles. The number of nitriles is 1. The fourth-order valence-electron chi connectivity index (χ4n) is 2.03. The number of rotatable bonds is 4. The number of nitrogens with zero attached hydrogens (tertiary/aromatic N) is 4. The van der Waals surface area contributed by atoms with Crippen molar-refractivity contribution in [3.8, 4) is 6.07 Å². The summed E-state index contributed by atoms with van der Waals surface area (Å²) in [5.41, 5.74) is 1.09. The molecule has 3 rings (SSSR count). The van der Waals surface area contributed by atoms with E-state index in [2.05, 4.69) is 15.1 Å². The molecule has 116 valence electrons. The number of H-pyrrole nitrogens is 1. The van der Waals surface area contributed by atoms with Gasteiger partial charge in [0.2, 0.25) is 0 Å². The van der Waals surface area contributed by atoms with Crippen LogP contribution >= 0.6 is 35.0 Å². The second-order valence-corrected chi connectivity index (χ2v) is 6.59. The molecule has 3 aromatic rings. The lowest BCUT2D eigenvalue weighted by molar-refractivity contribution is 0.786. The Bertz CT molecular complexity index is 955. The van der Waals surface area contributed by atoms with E-state index in [1.165, 1.54) is 18.0 Å². The van der Waals surface area contributed by atoms with Crippen molar-refractivity contribution in [2.24, 2.45) is 0 Å². The van der Waals surface area contributed by atoms with Crippen LogP contribution in [0.3, 0.4) is 0 Å². The molecule has 0 atom stereocenters. The summed E-state index contributed by atoms with van der Waals surface area (Å²) in [6.45, 7) is 0. The van der Waals surface area contributed by atoms with Crippen molar-refractivity contribution in [3.05, 3.63) is 56.1 Å². The van der Waals surface area contributed by atoms with Gasteiger partial charge in [0.15, 0.2) is 10.8 Å². The van der Waals surface area contributed by atoms with Crippen molar-refractivity contribution in [3.63, 3.8) is 0 Å². The standard InChI is InChI=1S/C14H9Cl2N5OS/c15-10-3-8(4-11(16)5-10)1-2-23-13-19-12-9(6-17)7-18-21(12)14(22)20-13/h3-5,7H,1-2H2,(H,19,20,22). The Morgan fingerprint density at radius 1 is 1.30 bits per heavy atom. The number of benzene rings is 1. The molecule has 0 spiro atoms. The molecule has 0 saturated heterocycles. The molecular weight excluding hydrogens is 357 g/mol. The van der Waals surface area contributed by atoms with Gasteiger partial charge in [-0.3, -0.25) is 4.98 Å². The van der Waals surface area contributed by atoms with Gasteiger partial charge in [0, 0.05) is 15.8 Å². The molecule has 0 fully saturated rings. The third kappa shape index (κ3) is 3.50. The molecule has 0 radical (unpaired) electrons. The highest BCUT2D eigenvalue weighted by molar-refractivity contribution is 7.99. The molecular formula is C14H9Cl2N5OS. The zero-order valence-electron chi connectivity index (χ0n) is 11.6. The third-order valence-electron chi connectivity index (χ3n) is 3.03. The van der Waals surface area contributed by atoms with Crippen LogP contribution in [0.2, 0.25) is 10.0 Å².